The zero-order chi connectivity index (χ0) is 21.5. The summed E-state index contributed by atoms with van der Waals surface area (Å²) < 4.78 is 10.8. The van der Waals surface area contributed by atoms with E-state index in [4.69, 9.17) is 9.47 Å². The van der Waals surface area contributed by atoms with E-state index in [1.54, 1.807) is 31.3 Å². The lowest BCUT2D eigenvalue weighted by Crippen LogP contribution is -2.30. The molecule has 2 aromatic carbocycles. The summed E-state index contributed by atoms with van der Waals surface area (Å²) in [4.78, 5) is 31.0. The van der Waals surface area contributed by atoms with Crippen molar-refractivity contribution in [3.63, 3.8) is 0 Å². The SMILES string of the molecule is CCOc1ccc(N=C2S[C@@H](CC(=O)Nc3ccc(OCC)cc3)C(=O)N2C)cc1. The molecule has 0 aliphatic carbocycles. The number of nitrogens with one attached hydrogen (secondary N) is 1. The molecule has 1 heterocycles. The normalized spacial score (nSPS) is 17.3. The number of aliphatic imine (C=N–C) groups is 1. The molecule has 1 N–H and O–H groups in total. The van der Waals surface area contributed by atoms with Crippen molar-refractivity contribution in [3.8, 4) is 11.5 Å². The first-order valence-corrected chi connectivity index (χ1v) is 10.7. The van der Waals surface area contributed by atoms with E-state index in [1.807, 2.05) is 38.1 Å². The fourth-order valence-corrected chi connectivity index (χ4v) is 4.03. The first-order chi connectivity index (χ1) is 14.5. The largest absolute Gasteiger partial charge is 0.494 e. The second kappa shape index (κ2) is 10.2. The Bertz CT molecular complexity index is 913. The third-order valence-electron chi connectivity index (χ3n) is 4.33. The Hall–Kier alpha value is -3.00. The summed E-state index contributed by atoms with van der Waals surface area (Å²) in [5.41, 5.74) is 1.38. The van der Waals surface area contributed by atoms with Crippen LogP contribution in [0.4, 0.5) is 11.4 Å². The quantitative estimate of drug-likeness (QED) is 0.687. The van der Waals surface area contributed by atoms with Crippen molar-refractivity contribution in [2.24, 2.45) is 4.99 Å². The van der Waals surface area contributed by atoms with Crippen molar-refractivity contribution >= 4 is 40.1 Å². The molecule has 0 unspecified atom stereocenters. The van der Waals surface area contributed by atoms with Crippen LogP contribution in [-0.2, 0) is 9.59 Å². The van der Waals surface area contributed by atoms with Gasteiger partial charge in [-0.05, 0) is 62.4 Å². The summed E-state index contributed by atoms with van der Waals surface area (Å²) in [6, 6.07) is 14.5. The minimum atomic E-state index is -0.501. The molecule has 1 aliphatic rings. The van der Waals surface area contributed by atoms with E-state index in [9.17, 15) is 9.59 Å². The lowest BCUT2D eigenvalue weighted by Gasteiger charge is -2.10. The number of benzene rings is 2. The highest BCUT2D eigenvalue weighted by atomic mass is 32.2. The van der Waals surface area contributed by atoms with Crippen LogP contribution in [0.5, 0.6) is 11.5 Å². The van der Waals surface area contributed by atoms with Gasteiger partial charge in [-0.2, -0.15) is 0 Å². The zero-order valence-corrected chi connectivity index (χ0v) is 18.1. The molecule has 1 aliphatic heterocycles. The number of hydrogen-bond acceptors (Lipinski definition) is 6. The summed E-state index contributed by atoms with van der Waals surface area (Å²) in [6.45, 7) is 5.02. The first kappa shape index (κ1) is 21.7. The Morgan fingerprint density at radius 1 is 1.03 bits per heavy atom. The average Bonchev–Trinajstić information content (AvgIpc) is 2.99. The molecule has 0 radical (unpaired) electrons. The van der Waals surface area contributed by atoms with Crippen LogP contribution in [0, 0.1) is 0 Å². The molecule has 2 aromatic rings. The molecular formula is C22H25N3O4S. The predicted octanol–water partition coefficient (Wildman–Crippen LogP) is 4.07. The molecule has 7 nitrogen and oxygen atoms in total. The first-order valence-electron chi connectivity index (χ1n) is 9.78. The van der Waals surface area contributed by atoms with E-state index in [0.29, 0.717) is 24.1 Å². The minimum Gasteiger partial charge on any atom is -0.494 e. The third-order valence-corrected chi connectivity index (χ3v) is 5.56. The molecule has 0 bridgehead atoms. The van der Waals surface area contributed by atoms with Gasteiger partial charge in [0.05, 0.1) is 18.9 Å². The Morgan fingerprint density at radius 3 is 2.17 bits per heavy atom. The van der Waals surface area contributed by atoms with Gasteiger partial charge in [0.15, 0.2) is 5.17 Å². The molecule has 0 aromatic heterocycles. The van der Waals surface area contributed by atoms with Gasteiger partial charge < -0.3 is 14.8 Å². The van der Waals surface area contributed by atoms with Crippen LogP contribution < -0.4 is 14.8 Å². The highest BCUT2D eigenvalue weighted by molar-refractivity contribution is 8.15. The van der Waals surface area contributed by atoms with Crippen molar-refractivity contribution in [1.29, 1.82) is 0 Å². The van der Waals surface area contributed by atoms with Gasteiger partial charge in [0, 0.05) is 19.2 Å². The van der Waals surface area contributed by atoms with E-state index in [2.05, 4.69) is 10.3 Å². The standard InChI is InChI=1S/C22H25N3O4S/c1-4-28-17-10-6-15(7-11-17)23-20(26)14-19-21(27)25(3)22(30-19)24-16-8-12-18(13-9-16)29-5-2/h6-13,19H,4-5,14H2,1-3H3,(H,23,26)/t19-/m0/s1. The lowest BCUT2D eigenvalue weighted by molar-refractivity contribution is -0.127. The highest BCUT2D eigenvalue weighted by Gasteiger charge is 2.37. The topological polar surface area (TPSA) is 80.2 Å². The second-order valence-corrected chi connectivity index (χ2v) is 7.70. The van der Waals surface area contributed by atoms with Gasteiger partial charge in [0.2, 0.25) is 11.8 Å². The molecule has 0 saturated carbocycles. The Labute approximate surface area is 180 Å². The van der Waals surface area contributed by atoms with Gasteiger partial charge in [0.1, 0.15) is 16.7 Å². The summed E-state index contributed by atoms with van der Waals surface area (Å²) in [5.74, 6) is 1.16. The average molecular weight is 428 g/mol. The van der Waals surface area contributed by atoms with E-state index in [1.165, 1.54) is 16.7 Å². The van der Waals surface area contributed by atoms with E-state index in [0.717, 1.165) is 17.2 Å². The summed E-state index contributed by atoms with van der Waals surface area (Å²) in [6.07, 6.45) is 0.0728. The number of rotatable bonds is 8. The Morgan fingerprint density at radius 2 is 1.60 bits per heavy atom. The fraction of sp³-hybridized carbons (Fsp3) is 0.318. The Kier molecular flexibility index (Phi) is 7.35. The number of hydrogen-bond donors (Lipinski definition) is 1. The van der Waals surface area contributed by atoms with Crippen molar-refractivity contribution in [2.45, 2.75) is 25.5 Å². The van der Waals surface area contributed by atoms with Crippen molar-refractivity contribution in [3.05, 3.63) is 48.5 Å². The molecule has 2 amide bonds. The fourth-order valence-electron chi connectivity index (χ4n) is 2.87. The molecule has 3 rings (SSSR count). The van der Waals surface area contributed by atoms with Crippen LogP contribution in [0.1, 0.15) is 20.3 Å². The van der Waals surface area contributed by atoms with Gasteiger partial charge in [-0.15, -0.1) is 0 Å². The summed E-state index contributed by atoms with van der Waals surface area (Å²) in [5, 5.41) is 2.90. The van der Waals surface area contributed by atoms with Crippen LogP contribution in [0.3, 0.4) is 0 Å². The maximum atomic E-state index is 12.6. The van der Waals surface area contributed by atoms with Gasteiger partial charge >= 0.3 is 0 Å². The number of nitrogens with zero attached hydrogens (tertiary/aromatic N) is 2. The van der Waals surface area contributed by atoms with Crippen LogP contribution >= 0.6 is 11.8 Å². The highest BCUT2D eigenvalue weighted by Crippen LogP contribution is 2.31. The van der Waals surface area contributed by atoms with Gasteiger partial charge in [0.25, 0.3) is 0 Å². The van der Waals surface area contributed by atoms with Gasteiger partial charge in [-0.3, -0.25) is 14.5 Å². The summed E-state index contributed by atoms with van der Waals surface area (Å²) in [7, 11) is 1.67. The van der Waals surface area contributed by atoms with Crippen LogP contribution in [-0.4, -0.2) is 47.4 Å². The number of amides is 2. The number of carbonyl (C=O) groups excluding carboxylic acids is 2. The smallest absolute Gasteiger partial charge is 0.242 e. The maximum Gasteiger partial charge on any atom is 0.242 e. The number of ether oxygens (including phenoxy) is 2. The Balaban J connectivity index is 1.60. The predicted molar refractivity (Wildman–Crippen MR) is 120 cm³/mol. The molecule has 158 valence electrons. The number of carbonyl (C=O) groups is 2. The number of thioether (sulfide) groups is 1. The second-order valence-electron chi connectivity index (χ2n) is 6.53. The summed E-state index contributed by atoms with van der Waals surface area (Å²) >= 11 is 1.30. The van der Waals surface area contributed by atoms with Crippen LogP contribution in [0.15, 0.2) is 53.5 Å². The molecule has 8 heteroatoms. The van der Waals surface area contributed by atoms with Gasteiger partial charge in [-0.1, -0.05) is 11.8 Å². The molecule has 0 spiro atoms. The maximum absolute atomic E-state index is 12.6. The number of anilines is 1. The van der Waals surface area contributed by atoms with E-state index >= 15 is 0 Å². The zero-order valence-electron chi connectivity index (χ0n) is 17.3. The lowest BCUT2D eigenvalue weighted by atomic mass is 10.2. The molecular weight excluding hydrogens is 402 g/mol. The van der Waals surface area contributed by atoms with E-state index in [-0.39, 0.29) is 18.2 Å². The van der Waals surface area contributed by atoms with Crippen molar-refractivity contribution < 1.29 is 19.1 Å². The third kappa shape index (κ3) is 5.54. The van der Waals surface area contributed by atoms with Crippen LogP contribution in [0.25, 0.3) is 0 Å². The minimum absolute atomic E-state index is 0.0728. The molecule has 1 saturated heterocycles. The van der Waals surface area contributed by atoms with E-state index < -0.39 is 5.25 Å². The molecule has 1 fully saturated rings. The van der Waals surface area contributed by atoms with Crippen LogP contribution in [0.2, 0.25) is 0 Å². The van der Waals surface area contributed by atoms with Crippen molar-refractivity contribution in [1.82, 2.24) is 4.90 Å². The monoisotopic (exact) mass is 427 g/mol. The molecule has 1 atom stereocenters. The van der Waals surface area contributed by atoms with Gasteiger partial charge in [-0.25, -0.2) is 4.99 Å². The van der Waals surface area contributed by atoms with Crippen molar-refractivity contribution in [2.75, 3.05) is 25.6 Å². The molecule has 30 heavy (non-hydrogen) atoms. The number of amidine groups is 1.